The Morgan fingerprint density at radius 3 is 2.50 bits per heavy atom. The number of benzene rings is 1. The summed E-state index contributed by atoms with van der Waals surface area (Å²) in [4.78, 5) is 31.7. The third kappa shape index (κ3) is 6.78. The van der Waals surface area contributed by atoms with Gasteiger partial charge in [-0.05, 0) is 31.3 Å². The molecule has 12 heteroatoms. The minimum Gasteiger partial charge on any atom is -0.490 e. The molecule has 2 saturated heterocycles. The van der Waals surface area contributed by atoms with Gasteiger partial charge in [0.1, 0.15) is 18.4 Å². The van der Waals surface area contributed by atoms with Gasteiger partial charge < -0.3 is 19.4 Å². The molecule has 0 spiro atoms. The molecule has 4 rings (SSSR count). The average molecular weight is 572 g/mol. The van der Waals surface area contributed by atoms with Crippen LogP contribution >= 0.6 is 15.9 Å². The summed E-state index contributed by atoms with van der Waals surface area (Å²) in [6, 6.07) is 8.30. The minimum atomic E-state index is -4.56. The molecule has 36 heavy (non-hydrogen) atoms. The third-order valence-electron chi connectivity index (χ3n) is 6.62. The molecular weight excluding hydrogens is 543 g/mol. The fraction of sp³-hybridized carbons (Fsp3) is 0.542. The van der Waals surface area contributed by atoms with Crippen molar-refractivity contribution in [1.82, 2.24) is 24.5 Å². The molecule has 2 aliphatic heterocycles. The molecule has 3 heterocycles. The van der Waals surface area contributed by atoms with Crippen LogP contribution in [0, 0.1) is 5.92 Å². The van der Waals surface area contributed by atoms with Gasteiger partial charge in [-0.2, -0.15) is 18.3 Å². The first kappa shape index (κ1) is 26.5. The molecule has 2 fully saturated rings. The highest BCUT2D eigenvalue weighted by Gasteiger charge is 2.37. The maximum atomic E-state index is 13.1. The summed E-state index contributed by atoms with van der Waals surface area (Å²) in [7, 11) is 2.02. The predicted octanol–water partition coefficient (Wildman–Crippen LogP) is 3.12. The van der Waals surface area contributed by atoms with Crippen LogP contribution in [0.15, 0.2) is 41.0 Å². The van der Waals surface area contributed by atoms with E-state index in [0.29, 0.717) is 31.8 Å². The molecule has 0 saturated carbocycles. The molecule has 196 valence electrons. The molecule has 1 aromatic carbocycles. The Morgan fingerprint density at radius 1 is 1.08 bits per heavy atom. The number of hydrogen-bond acceptors (Lipinski definition) is 5. The summed E-state index contributed by atoms with van der Waals surface area (Å²) in [5, 5.41) is 3.48. The topological polar surface area (TPSA) is 70.9 Å². The first-order chi connectivity index (χ1) is 17.1. The highest BCUT2D eigenvalue weighted by molar-refractivity contribution is 9.10. The molecule has 8 nitrogen and oxygen atoms in total. The number of alkyl halides is 3. The third-order valence-corrected chi connectivity index (χ3v) is 7.11. The largest absolute Gasteiger partial charge is 0.490 e. The molecule has 2 atom stereocenters. The van der Waals surface area contributed by atoms with Crippen molar-refractivity contribution in [3.8, 4) is 5.75 Å². The lowest BCUT2D eigenvalue weighted by Crippen LogP contribution is -2.52. The zero-order valence-corrected chi connectivity index (χ0v) is 21.5. The fourth-order valence-corrected chi connectivity index (χ4v) is 4.93. The SMILES string of the molecule is CN1CCN(C(=O)C[C@H]2CN(C(=O)Cn3ccc(C(F)(F)F)n3)CC[C@@H]2Oc2cccc(Br)c2)CC1. The summed E-state index contributed by atoms with van der Waals surface area (Å²) in [6.45, 7) is 3.29. The van der Waals surface area contributed by atoms with Gasteiger partial charge >= 0.3 is 6.18 Å². The fourth-order valence-electron chi connectivity index (χ4n) is 4.55. The van der Waals surface area contributed by atoms with Gasteiger partial charge in [0, 0.05) is 68.7 Å². The molecule has 0 radical (unpaired) electrons. The van der Waals surface area contributed by atoms with Crippen LogP contribution in [0.3, 0.4) is 0 Å². The number of carbonyl (C=O) groups is 2. The van der Waals surface area contributed by atoms with Gasteiger partial charge in [-0.15, -0.1) is 0 Å². The van der Waals surface area contributed by atoms with Crippen molar-refractivity contribution in [1.29, 1.82) is 0 Å². The maximum absolute atomic E-state index is 13.1. The summed E-state index contributed by atoms with van der Waals surface area (Å²) in [6.07, 6.45) is -2.96. The monoisotopic (exact) mass is 571 g/mol. The molecule has 1 aromatic heterocycles. The molecule has 2 aliphatic rings. The summed E-state index contributed by atoms with van der Waals surface area (Å²) in [5.74, 6) is 0.0940. The van der Waals surface area contributed by atoms with E-state index in [0.717, 1.165) is 34.5 Å². The number of likely N-dealkylation sites (N-methyl/N-ethyl adjacent to an activating group) is 1. The number of piperidine rings is 1. The van der Waals surface area contributed by atoms with Crippen LogP contribution < -0.4 is 4.74 Å². The first-order valence-corrected chi connectivity index (χ1v) is 12.6. The molecule has 2 aromatic rings. The van der Waals surface area contributed by atoms with Crippen LogP contribution in [-0.4, -0.2) is 88.7 Å². The van der Waals surface area contributed by atoms with E-state index < -0.39 is 11.9 Å². The number of halogens is 4. The van der Waals surface area contributed by atoms with E-state index in [4.69, 9.17) is 4.74 Å². The summed E-state index contributed by atoms with van der Waals surface area (Å²) >= 11 is 3.44. The highest BCUT2D eigenvalue weighted by atomic mass is 79.9. The molecule has 0 N–H and O–H groups in total. The Bertz CT molecular complexity index is 1070. The molecule has 2 amide bonds. The number of ether oxygens (including phenoxy) is 1. The predicted molar refractivity (Wildman–Crippen MR) is 129 cm³/mol. The van der Waals surface area contributed by atoms with Gasteiger partial charge in [-0.25, -0.2) is 0 Å². The van der Waals surface area contributed by atoms with Crippen LogP contribution in [0.1, 0.15) is 18.5 Å². The van der Waals surface area contributed by atoms with E-state index in [1.807, 2.05) is 36.2 Å². The summed E-state index contributed by atoms with van der Waals surface area (Å²) in [5.41, 5.74) is -1.04. The normalized spacial score (nSPS) is 21.5. The van der Waals surface area contributed by atoms with Crippen molar-refractivity contribution in [2.45, 2.75) is 31.7 Å². The number of rotatable bonds is 6. The van der Waals surface area contributed by atoms with E-state index in [1.54, 1.807) is 4.90 Å². The zero-order valence-electron chi connectivity index (χ0n) is 20.0. The van der Waals surface area contributed by atoms with E-state index in [9.17, 15) is 22.8 Å². The Kier molecular flexibility index (Phi) is 8.23. The Labute approximate surface area is 216 Å². The van der Waals surface area contributed by atoms with Crippen LogP contribution in [0.5, 0.6) is 5.75 Å². The lowest BCUT2D eigenvalue weighted by Gasteiger charge is -2.40. The number of aromatic nitrogens is 2. The lowest BCUT2D eigenvalue weighted by atomic mass is 9.90. The van der Waals surface area contributed by atoms with Crippen LogP contribution in [0.2, 0.25) is 0 Å². The van der Waals surface area contributed by atoms with Gasteiger partial charge in [0.25, 0.3) is 0 Å². The molecule has 0 aliphatic carbocycles. The second kappa shape index (κ2) is 11.2. The number of amides is 2. The van der Waals surface area contributed by atoms with E-state index >= 15 is 0 Å². The van der Waals surface area contributed by atoms with E-state index in [2.05, 4.69) is 25.9 Å². The van der Waals surface area contributed by atoms with Gasteiger partial charge in [-0.1, -0.05) is 22.0 Å². The number of hydrogen-bond donors (Lipinski definition) is 0. The number of piperazine rings is 1. The Balaban J connectivity index is 1.44. The van der Waals surface area contributed by atoms with Crippen LogP contribution in [0.25, 0.3) is 0 Å². The minimum absolute atomic E-state index is 0.0205. The molecule has 0 bridgehead atoms. The van der Waals surface area contributed by atoms with Crippen molar-refractivity contribution in [2.75, 3.05) is 46.3 Å². The zero-order chi connectivity index (χ0) is 25.9. The van der Waals surface area contributed by atoms with Crippen molar-refractivity contribution in [3.63, 3.8) is 0 Å². The Hall–Kier alpha value is -2.60. The number of carbonyl (C=O) groups excluding carboxylic acids is 2. The second-order valence-electron chi connectivity index (χ2n) is 9.29. The van der Waals surface area contributed by atoms with Gasteiger partial charge in [0.2, 0.25) is 11.8 Å². The maximum Gasteiger partial charge on any atom is 0.435 e. The van der Waals surface area contributed by atoms with E-state index in [-0.39, 0.29) is 43.3 Å². The van der Waals surface area contributed by atoms with Gasteiger partial charge in [0.15, 0.2) is 5.69 Å². The van der Waals surface area contributed by atoms with Crippen molar-refractivity contribution in [2.24, 2.45) is 5.92 Å². The standard InChI is InChI=1S/C24H29BrF3N5O3/c1-30-9-11-31(12-10-30)22(34)13-17-15-32(7-5-20(17)36-19-4-2-3-18(25)14-19)23(35)16-33-8-6-21(29-33)24(26,27)28/h2-4,6,8,14,17,20H,5,7,9-13,15-16H2,1H3/t17-,20-/m0/s1. The van der Waals surface area contributed by atoms with Crippen molar-refractivity contribution >= 4 is 27.7 Å². The first-order valence-electron chi connectivity index (χ1n) is 11.9. The summed E-state index contributed by atoms with van der Waals surface area (Å²) < 4.78 is 46.7. The highest BCUT2D eigenvalue weighted by Crippen LogP contribution is 2.29. The number of nitrogens with zero attached hydrogens (tertiary/aromatic N) is 5. The van der Waals surface area contributed by atoms with Crippen LogP contribution in [-0.2, 0) is 22.3 Å². The lowest BCUT2D eigenvalue weighted by molar-refractivity contribution is -0.142. The smallest absolute Gasteiger partial charge is 0.435 e. The van der Waals surface area contributed by atoms with Crippen molar-refractivity contribution < 1.29 is 27.5 Å². The Morgan fingerprint density at radius 2 is 1.83 bits per heavy atom. The average Bonchev–Trinajstić information content (AvgIpc) is 3.30. The molecule has 0 unspecified atom stereocenters. The quantitative estimate of drug-likeness (QED) is 0.533. The number of likely N-dealkylation sites (tertiary alicyclic amines) is 1. The molecular formula is C24H29BrF3N5O3. The van der Waals surface area contributed by atoms with Crippen LogP contribution in [0.4, 0.5) is 13.2 Å². The van der Waals surface area contributed by atoms with Gasteiger partial charge in [0.05, 0.1) is 0 Å². The van der Waals surface area contributed by atoms with Crippen molar-refractivity contribution in [3.05, 3.63) is 46.7 Å². The van der Waals surface area contributed by atoms with Gasteiger partial charge in [-0.3, -0.25) is 14.3 Å². The second-order valence-corrected chi connectivity index (χ2v) is 10.2. The van der Waals surface area contributed by atoms with E-state index in [1.165, 1.54) is 0 Å².